The van der Waals surface area contributed by atoms with Crippen molar-refractivity contribution in [2.75, 3.05) is 6.61 Å². The van der Waals surface area contributed by atoms with Gasteiger partial charge in [-0.25, -0.2) is 4.79 Å². The number of hydrogen-bond donors (Lipinski definition) is 1. The van der Waals surface area contributed by atoms with E-state index in [0.717, 1.165) is 17.8 Å². The fourth-order valence-electron chi connectivity index (χ4n) is 1.12. The highest BCUT2D eigenvalue weighted by atomic mass is 16.5. The molecule has 1 heterocycles. The average molecular weight is 198 g/mol. The summed E-state index contributed by atoms with van der Waals surface area (Å²) in [4.78, 5) is 10.2. The van der Waals surface area contributed by atoms with Crippen LogP contribution in [0.25, 0.3) is 0 Å². The van der Waals surface area contributed by atoms with E-state index in [1.54, 1.807) is 4.68 Å². The fourth-order valence-corrected chi connectivity index (χ4v) is 1.12. The molecule has 0 aromatic carbocycles. The van der Waals surface area contributed by atoms with Gasteiger partial charge in [-0.05, 0) is 12.5 Å². The van der Waals surface area contributed by atoms with Crippen molar-refractivity contribution in [3.8, 4) is 0 Å². The molecule has 0 fully saturated rings. The van der Waals surface area contributed by atoms with Gasteiger partial charge in [0.25, 0.3) is 0 Å². The Kier molecular flexibility index (Phi) is 3.64. The number of rotatable bonds is 5. The zero-order valence-corrected chi connectivity index (χ0v) is 8.36. The second-order valence-electron chi connectivity index (χ2n) is 2.99. The summed E-state index contributed by atoms with van der Waals surface area (Å²) >= 11 is 0. The Labute approximate surface area is 82.3 Å². The molecule has 1 rings (SSSR count). The van der Waals surface area contributed by atoms with Crippen molar-refractivity contribution >= 4 is 5.97 Å². The highest BCUT2D eigenvalue weighted by Gasteiger charge is 2.04. The molecular weight excluding hydrogens is 184 g/mol. The Hall–Kier alpha value is -1.36. The van der Waals surface area contributed by atoms with E-state index in [4.69, 9.17) is 9.84 Å². The van der Waals surface area contributed by atoms with E-state index < -0.39 is 5.97 Å². The average Bonchev–Trinajstić information content (AvgIpc) is 2.47. The summed E-state index contributed by atoms with van der Waals surface area (Å²) in [7, 11) is 1.82. The molecule has 14 heavy (non-hydrogen) atoms. The number of carboxylic acid groups (broad SMARTS) is 1. The van der Waals surface area contributed by atoms with Crippen molar-refractivity contribution in [1.29, 1.82) is 0 Å². The molecule has 0 aliphatic carbocycles. The Morgan fingerprint density at radius 2 is 2.43 bits per heavy atom. The molecule has 0 aliphatic rings. The lowest BCUT2D eigenvalue weighted by molar-refractivity contribution is -0.142. The SMILES string of the molecule is CCc1cc(COCC(=O)O)n(C)n1. The standard InChI is InChI=1S/C9H14N2O3/c1-3-7-4-8(11(2)10-7)5-14-6-9(12)13/h4H,3,5-6H2,1-2H3,(H,12,13). The van der Waals surface area contributed by atoms with Crippen LogP contribution in [0.15, 0.2) is 6.07 Å². The van der Waals surface area contributed by atoms with Crippen LogP contribution in [0.1, 0.15) is 18.3 Å². The van der Waals surface area contributed by atoms with Crippen molar-refractivity contribution < 1.29 is 14.6 Å². The number of ether oxygens (including phenoxy) is 1. The van der Waals surface area contributed by atoms with Crippen LogP contribution in [-0.2, 0) is 29.6 Å². The first-order valence-electron chi connectivity index (χ1n) is 4.44. The van der Waals surface area contributed by atoms with E-state index in [0.29, 0.717) is 0 Å². The summed E-state index contributed by atoms with van der Waals surface area (Å²) in [6, 6.07) is 1.92. The van der Waals surface area contributed by atoms with Gasteiger partial charge in [-0.3, -0.25) is 4.68 Å². The molecule has 0 amide bonds. The lowest BCUT2D eigenvalue weighted by atomic mass is 10.3. The van der Waals surface area contributed by atoms with Gasteiger partial charge >= 0.3 is 5.97 Å². The van der Waals surface area contributed by atoms with Crippen molar-refractivity contribution in [2.45, 2.75) is 20.0 Å². The van der Waals surface area contributed by atoms with Gasteiger partial charge in [0.2, 0.25) is 0 Å². The minimum absolute atomic E-state index is 0.271. The van der Waals surface area contributed by atoms with Crippen LogP contribution in [0.2, 0.25) is 0 Å². The highest BCUT2D eigenvalue weighted by molar-refractivity contribution is 5.67. The summed E-state index contributed by atoms with van der Waals surface area (Å²) in [5.74, 6) is -0.956. The molecule has 0 saturated heterocycles. The number of nitrogens with zero attached hydrogens (tertiary/aromatic N) is 2. The number of carbonyl (C=O) groups is 1. The normalized spacial score (nSPS) is 10.4. The first-order valence-corrected chi connectivity index (χ1v) is 4.44. The molecule has 1 aromatic heterocycles. The molecule has 5 nitrogen and oxygen atoms in total. The monoisotopic (exact) mass is 198 g/mol. The molecule has 1 aromatic rings. The minimum Gasteiger partial charge on any atom is -0.480 e. The van der Waals surface area contributed by atoms with Crippen molar-refractivity contribution in [3.05, 3.63) is 17.5 Å². The predicted molar refractivity (Wildman–Crippen MR) is 49.9 cm³/mol. The van der Waals surface area contributed by atoms with Crippen LogP contribution >= 0.6 is 0 Å². The molecule has 0 aliphatic heterocycles. The lowest BCUT2D eigenvalue weighted by Crippen LogP contribution is -2.08. The zero-order valence-electron chi connectivity index (χ0n) is 8.36. The smallest absolute Gasteiger partial charge is 0.329 e. The molecule has 0 atom stereocenters. The van der Waals surface area contributed by atoms with E-state index in [2.05, 4.69) is 5.10 Å². The third kappa shape index (κ3) is 2.85. The second-order valence-corrected chi connectivity index (χ2v) is 2.99. The summed E-state index contributed by atoms with van der Waals surface area (Å²) < 4.78 is 6.67. The van der Waals surface area contributed by atoms with Crippen molar-refractivity contribution in [1.82, 2.24) is 9.78 Å². The van der Waals surface area contributed by atoms with Gasteiger partial charge in [-0.2, -0.15) is 5.10 Å². The number of aliphatic carboxylic acids is 1. The van der Waals surface area contributed by atoms with Gasteiger partial charge in [0.15, 0.2) is 0 Å². The minimum atomic E-state index is -0.956. The number of aryl methyl sites for hydroxylation is 2. The van der Waals surface area contributed by atoms with Gasteiger partial charge in [0.05, 0.1) is 18.0 Å². The van der Waals surface area contributed by atoms with Crippen LogP contribution in [0.5, 0.6) is 0 Å². The van der Waals surface area contributed by atoms with Gasteiger partial charge < -0.3 is 9.84 Å². The first-order chi connectivity index (χ1) is 6.63. The van der Waals surface area contributed by atoms with Gasteiger partial charge in [-0.1, -0.05) is 6.92 Å². The van der Waals surface area contributed by atoms with Crippen LogP contribution in [0, 0.1) is 0 Å². The molecule has 0 unspecified atom stereocenters. The Bertz CT molecular complexity index is 320. The third-order valence-electron chi connectivity index (χ3n) is 1.87. The summed E-state index contributed by atoms with van der Waals surface area (Å²) in [6.07, 6.45) is 0.868. The maximum absolute atomic E-state index is 10.2. The summed E-state index contributed by atoms with van der Waals surface area (Å²) in [5.41, 5.74) is 1.88. The zero-order chi connectivity index (χ0) is 10.6. The van der Waals surface area contributed by atoms with Crippen LogP contribution in [-0.4, -0.2) is 27.5 Å². The molecule has 5 heteroatoms. The molecule has 0 radical (unpaired) electrons. The predicted octanol–water partition coefficient (Wildman–Crippen LogP) is 0.584. The maximum atomic E-state index is 10.2. The largest absolute Gasteiger partial charge is 0.480 e. The number of aromatic nitrogens is 2. The maximum Gasteiger partial charge on any atom is 0.329 e. The lowest BCUT2D eigenvalue weighted by Gasteiger charge is -2.00. The molecule has 1 N–H and O–H groups in total. The fraction of sp³-hybridized carbons (Fsp3) is 0.556. The quantitative estimate of drug-likeness (QED) is 0.751. The Balaban J connectivity index is 2.49. The van der Waals surface area contributed by atoms with Crippen LogP contribution < -0.4 is 0 Å². The molecule has 0 bridgehead atoms. The van der Waals surface area contributed by atoms with Gasteiger partial charge in [0, 0.05) is 7.05 Å². The summed E-state index contributed by atoms with van der Waals surface area (Å²) in [6.45, 7) is 2.03. The van der Waals surface area contributed by atoms with Crippen molar-refractivity contribution in [2.24, 2.45) is 7.05 Å². The molecule has 0 spiro atoms. The van der Waals surface area contributed by atoms with E-state index in [9.17, 15) is 4.79 Å². The highest BCUT2D eigenvalue weighted by Crippen LogP contribution is 2.04. The molecular formula is C9H14N2O3. The number of hydrogen-bond acceptors (Lipinski definition) is 3. The van der Waals surface area contributed by atoms with Crippen molar-refractivity contribution in [3.63, 3.8) is 0 Å². The Morgan fingerprint density at radius 1 is 1.71 bits per heavy atom. The van der Waals surface area contributed by atoms with Crippen LogP contribution in [0.4, 0.5) is 0 Å². The van der Waals surface area contributed by atoms with E-state index in [1.807, 2.05) is 20.0 Å². The summed E-state index contributed by atoms with van der Waals surface area (Å²) in [5, 5.41) is 12.6. The van der Waals surface area contributed by atoms with Crippen LogP contribution in [0.3, 0.4) is 0 Å². The first kappa shape index (κ1) is 10.7. The van der Waals surface area contributed by atoms with E-state index in [1.165, 1.54) is 0 Å². The number of carboxylic acids is 1. The second kappa shape index (κ2) is 4.76. The molecule has 0 saturated carbocycles. The third-order valence-corrected chi connectivity index (χ3v) is 1.87. The van der Waals surface area contributed by atoms with E-state index in [-0.39, 0.29) is 13.2 Å². The van der Waals surface area contributed by atoms with Gasteiger partial charge in [0.1, 0.15) is 6.61 Å². The van der Waals surface area contributed by atoms with E-state index >= 15 is 0 Å². The molecule has 78 valence electrons. The van der Waals surface area contributed by atoms with Gasteiger partial charge in [-0.15, -0.1) is 0 Å². The topological polar surface area (TPSA) is 64.3 Å². The Morgan fingerprint density at radius 3 is 2.93 bits per heavy atom.